The van der Waals surface area contributed by atoms with Crippen molar-refractivity contribution in [3.05, 3.63) is 22.4 Å². The van der Waals surface area contributed by atoms with Gasteiger partial charge in [0.05, 0.1) is 0 Å². The highest BCUT2D eigenvalue weighted by atomic mass is 32.1. The van der Waals surface area contributed by atoms with Crippen molar-refractivity contribution in [3.8, 4) is 0 Å². The standard InChI is InChI=1S/C18H31N3OS/c1-15(16-6-11-23-13-16)12-20-17(19-2)21-14-18(9-10-22-3)7-4-5-8-18/h6,11,13,15H,4-5,7-10,12,14H2,1-3H3,(H2,19,20,21). The van der Waals surface area contributed by atoms with Crippen LogP contribution in [0.5, 0.6) is 0 Å². The average Bonchev–Trinajstić information content (AvgIpc) is 3.25. The van der Waals surface area contributed by atoms with Crippen LogP contribution in [0.15, 0.2) is 21.8 Å². The van der Waals surface area contributed by atoms with E-state index in [1.54, 1.807) is 18.4 Å². The summed E-state index contributed by atoms with van der Waals surface area (Å²) in [4.78, 5) is 4.38. The van der Waals surface area contributed by atoms with Crippen LogP contribution in [0.4, 0.5) is 0 Å². The highest BCUT2D eigenvalue weighted by Crippen LogP contribution is 2.40. The van der Waals surface area contributed by atoms with E-state index in [0.717, 1.165) is 32.1 Å². The molecule has 1 aliphatic rings. The third-order valence-electron chi connectivity index (χ3n) is 5.04. The number of rotatable bonds is 8. The van der Waals surface area contributed by atoms with Crippen molar-refractivity contribution in [2.45, 2.75) is 44.9 Å². The molecule has 1 aromatic rings. The van der Waals surface area contributed by atoms with E-state index in [9.17, 15) is 0 Å². The van der Waals surface area contributed by atoms with Gasteiger partial charge in [0.2, 0.25) is 0 Å². The molecule has 23 heavy (non-hydrogen) atoms. The van der Waals surface area contributed by atoms with Crippen molar-refractivity contribution in [3.63, 3.8) is 0 Å². The molecule has 1 heterocycles. The first-order valence-electron chi connectivity index (χ1n) is 8.65. The van der Waals surface area contributed by atoms with Gasteiger partial charge in [0.25, 0.3) is 0 Å². The van der Waals surface area contributed by atoms with Gasteiger partial charge in [-0.25, -0.2) is 0 Å². The number of methoxy groups -OCH3 is 1. The topological polar surface area (TPSA) is 45.7 Å². The third kappa shape index (κ3) is 5.50. The Balaban J connectivity index is 1.79. The molecule has 130 valence electrons. The Morgan fingerprint density at radius 2 is 2.17 bits per heavy atom. The van der Waals surface area contributed by atoms with E-state index in [0.29, 0.717) is 11.3 Å². The van der Waals surface area contributed by atoms with Crippen LogP contribution in [0.1, 0.15) is 50.5 Å². The summed E-state index contributed by atoms with van der Waals surface area (Å²) in [5, 5.41) is 11.4. The Morgan fingerprint density at radius 1 is 1.39 bits per heavy atom. The SMILES string of the molecule is CN=C(NCC(C)c1ccsc1)NCC1(CCOC)CCCC1. The molecule has 1 aliphatic carbocycles. The summed E-state index contributed by atoms with van der Waals surface area (Å²) in [7, 11) is 3.64. The molecule has 2 rings (SSSR count). The van der Waals surface area contributed by atoms with Gasteiger partial charge in [0.1, 0.15) is 0 Å². The second-order valence-corrected chi connectivity index (χ2v) is 7.49. The fourth-order valence-corrected chi connectivity index (χ4v) is 4.16. The number of aliphatic imine (C=N–C) groups is 1. The minimum atomic E-state index is 0.382. The van der Waals surface area contributed by atoms with Crippen LogP contribution in [-0.2, 0) is 4.74 Å². The minimum absolute atomic E-state index is 0.382. The molecule has 0 saturated heterocycles. The van der Waals surface area contributed by atoms with Crippen molar-refractivity contribution < 1.29 is 4.74 Å². The van der Waals surface area contributed by atoms with Crippen LogP contribution in [0.3, 0.4) is 0 Å². The van der Waals surface area contributed by atoms with E-state index in [4.69, 9.17) is 4.74 Å². The maximum atomic E-state index is 5.31. The highest BCUT2D eigenvalue weighted by Gasteiger charge is 2.33. The molecule has 1 fully saturated rings. The van der Waals surface area contributed by atoms with Gasteiger partial charge in [-0.1, -0.05) is 19.8 Å². The third-order valence-corrected chi connectivity index (χ3v) is 5.74. The summed E-state index contributed by atoms with van der Waals surface area (Å²) >= 11 is 1.76. The van der Waals surface area contributed by atoms with E-state index < -0.39 is 0 Å². The molecule has 4 nitrogen and oxygen atoms in total. The van der Waals surface area contributed by atoms with Gasteiger partial charge in [0, 0.05) is 33.9 Å². The molecular weight excluding hydrogens is 306 g/mol. The second-order valence-electron chi connectivity index (χ2n) is 6.71. The zero-order valence-electron chi connectivity index (χ0n) is 14.7. The zero-order valence-corrected chi connectivity index (χ0v) is 15.5. The van der Waals surface area contributed by atoms with Crippen molar-refractivity contribution in [1.82, 2.24) is 10.6 Å². The van der Waals surface area contributed by atoms with Gasteiger partial charge in [-0.2, -0.15) is 11.3 Å². The molecule has 1 aromatic heterocycles. The highest BCUT2D eigenvalue weighted by molar-refractivity contribution is 7.07. The van der Waals surface area contributed by atoms with Crippen LogP contribution in [0, 0.1) is 5.41 Å². The van der Waals surface area contributed by atoms with E-state index in [1.807, 2.05) is 7.05 Å². The molecule has 0 radical (unpaired) electrons. The van der Waals surface area contributed by atoms with Gasteiger partial charge in [0.15, 0.2) is 5.96 Å². The Kier molecular flexibility index (Phi) is 7.37. The number of nitrogens with zero attached hydrogens (tertiary/aromatic N) is 1. The van der Waals surface area contributed by atoms with Gasteiger partial charge < -0.3 is 15.4 Å². The Labute approximate surface area is 144 Å². The monoisotopic (exact) mass is 337 g/mol. The minimum Gasteiger partial charge on any atom is -0.385 e. The lowest BCUT2D eigenvalue weighted by Crippen LogP contribution is -2.44. The first-order chi connectivity index (χ1) is 11.2. The molecule has 0 bridgehead atoms. The number of nitrogens with one attached hydrogen (secondary N) is 2. The maximum Gasteiger partial charge on any atom is 0.191 e. The summed E-state index contributed by atoms with van der Waals surface area (Å²) in [6, 6.07) is 2.20. The van der Waals surface area contributed by atoms with Crippen molar-refractivity contribution >= 4 is 17.3 Å². The lowest BCUT2D eigenvalue weighted by atomic mass is 9.83. The van der Waals surface area contributed by atoms with Crippen molar-refractivity contribution in [2.75, 3.05) is 33.9 Å². The molecule has 1 atom stereocenters. The van der Waals surface area contributed by atoms with E-state index in [2.05, 4.69) is 39.4 Å². The molecule has 0 aromatic carbocycles. The van der Waals surface area contributed by atoms with Crippen LogP contribution in [-0.4, -0.2) is 39.8 Å². The van der Waals surface area contributed by atoms with Gasteiger partial charge in [-0.05, 0) is 53.0 Å². The van der Waals surface area contributed by atoms with E-state index in [1.165, 1.54) is 31.2 Å². The number of ether oxygens (including phenoxy) is 1. The quantitative estimate of drug-likeness (QED) is 0.563. The average molecular weight is 338 g/mol. The largest absolute Gasteiger partial charge is 0.385 e. The normalized spacial score (nSPS) is 18.8. The molecular formula is C18H31N3OS. The Morgan fingerprint density at radius 3 is 2.78 bits per heavy atom. The summed E-state index contributed by atoms with van der Waals surface area (Å²) in [6.07, 6.45) is 6.41. The first kappa shape index (κ1) is 18.3. The molecule has 1 unspecified atom stereocenters. The Hall–Kier alpha value is -1.07. The molecule has 0 amide bonds. The molecule has 5 heteroatoms. The number of thiophene rings is 1. The fourth-order valence-electron chi connectivity index (χ4n) is 3.37. The second kappa shape index (κ2) is 9.28. The Bertz CT molecular complexity index is 467. The molecule has 0 aliphatic heterocycles. The first-order valence-corrected chi connectivity index (χ1v) is 9.59. The van der Waals surface area contributed by atoms with Crippen LogP contribution in [0.2, 0.25) is 0 Å². The van der Waals surface area contributed by atoms with E-state index in [-0.39, 0.29) is 0 Å². The number of guanidine groups is 1. The fraction of sp³-hybridized carbons (Fsp3) is 0.722. The summed E-state index contributed by atoms with van der Waals surface area (Å²) < 4.78 is 5.31. The van der Waals surface area contributed by atoms with Crippen molar-refractivity contribution in [2.24, 2.45) is 10.4 Å². The van der Waals surface area contributed by atoms with Crippen LogP contribution < -0.4 is 10.6 Å². The lowest BCUT2D eigenvalue weighted by molar-refractivity contribution is 0.138. The van der Waals surface area contributed by atoms with E-state index >= 15 is 0 Å². The molecule has 2 N–H and O–H groups in total. The zero-order chi connectivity index (χ0) is 16.5. The van der Waals surface area contributed by atoms with Crippen LogP contribution in [0.25, 0.3) is 0 Å². The lowest BCUT2D eigenvalue weighted by Gasteiger charge is -2.30. The summed E-state index contributed by atoms with van der Waals surface area (Å²) in [5.74, 6) is 1.41. The molecule has 1 saturated carbocycles. The van der Waals surface area contributed by atoms with Gasteiger partial charge in [-0.3, -0.25) is 4.99 Å². The summed E-state index contributed by atoms with van der Waals surface area (Å²) in [6.45, 7) is 4.99. The van der Waals surface area contributed by atoms with Crippen molar-refractivity contribution in [1.29, 1.82) is 0 Å². The smallest absolute Gasteiger partial charge is 0.191 e. The van der Waals surface area contributed by atoms with Crippen LogP contribution >= 0.6 is 11.3 Å². The predicted octanol–water partition coefficient (Wildman–Crippen LogP) is 3.61. The van der Waals surface area contributed by atoms with Gasteiger partial charge in [-0.15, -0.1) is 0 Å². The predicted molar refractivity (Wildman–Crippen MR) is 99.5 cm³/mol. The molecule has 0 spiro atoms. The summed E-state index contributed by atoms with van der Waals surface area (Å²) in [5.41, 5.74) is 1.78. The number of hydrogen-bond donors (Lipinski definition) is 2. The number of hydrogen-bond acceptors (Lipinski definition) is 3. The van der Waals surface area contributed by atoms with Gasteiger partial charge >= 0.3 is 0 Å². The maximum absolute atomic E-state index is 5.31.